The molecule has 0 radical (unpaired) electrons. The number of carbonyl (C=O) groups excluding carboxylic acids is 2. The molecule has 1 atom stereocenters. The molecule has 0 aromatic heterocycles. The minimum atomic E-state index is -0.691. The molecule has 6 nitrogen and oxygen atoms in total. The molecule has 2 amide bonds. The van der Waals surface area contributed by atoms with Gasteiger partial charge < -0.3 is 20.1 Å². The first-order valence-corrected chi connectivity index (χ1v) is 12.6. The maximum atomic E-state index is 13.5. The number of anilines is 1. The summed E-state index contributed by atoms with van der Waals surface area (Å²) in [6, 6.07) is 22.8. The summed E-state index contributed by atoms with van der Waals surface area (Å²) >= 11 is 0. The third kappa shape index (κ3) is 6.02. The first-order chi connectivity index (χ1) is 17.8. The van der Waals surface area contributed by atoms with Gasteiger partial charge in [-0.25, -0.2) is 0 Å². The highest BCUT2D eigenvalue weighted by Crippen LogP contribution is 2.39. The molecular weight excluding hydrogens is 464 g/mol. The number of hydrogen-bond acceptors (Lipinski definition) is 4. The summed E-state index contributed by atoms with van der Waals surface area (Å²) in [5.74, 6) is 0.640. The lowest BCUT2D eigenvalue weighted by Crippen LogP contribution is -2.49. The minimum Gasteiger partial charge on any atom is -0.497 e. The van der Waals surface area contributed by atoms with Gasteiger partial charge in [0.25, 0.3) is 11.8 Å². The van der Waals surface area contributed by atoms with Gasteiger partial charge in [-0.15, -0.1) is 0 Å². The van der Waals surface area contributed by atoms with Crippen LogP contribution in [-0.4, -0.2) is 25.5 Å². The molecule has 0 saturated carbocycles. The molecule has 3 aromatic rings. The second-order valence-electron chi connectivity index (χ2n) is 9.59. The van der Waals surface area contributed by atoms with Gasteiger partial charge in [0.15, 0.2) is 0 Å². The quantitative estimate of drug-likeness (QED) is 0.280. The van der Waals surface area contributed by atoms with E-state index in [4.69, 9.17) is 9.47 Å². The molecule has 6 heteroatoms. The second kappa shape index (κ2) is 11.3. The molecule has 2 N–H and O–H groups in total. The summed E-state index contributed by atoms with van der Waals surface area (Å²) in [6.45, 7) is 6.81. The van der Waals surface area contributed by atoms with Gasteiger partial charge in [-0.1, -0.05) is 55.3 Å². The van der Waals surface area contributed by atoms with Crippen molar-refractivity contribution in [1.29, 1.82) is 0 Å². The van der Waals surface area contributed by atoms with E-state index in [1.54, 1.807) is 31.4 Å². The van der Waals surface area contributed by atoms with Crippen molar-refractivity contribution in [2.45, 2.75) is 45.6 Å². The molecule has 0 unspecified atom stereocenters. The fourth-order valence-corrected chi connectivity index (χ4v) is 4.47. The Kier molecular flexibility index (Phi) is 7.97. The van der Waals surface area contributed by atoms with Gasteiger partial charge in [-0.05, 0) is 73.4 Å². The summed E-state index contributed by atoms with van der Waals surface area (Å²) in [4.78, 5) is 27.0. The van der Waals surface area contributed by atoms with Crippen molar-refractivity contribution >= 4 is 23.1 Å². The van der Waals surface area contributed by atoms with Crippen LogP contribution in [0.4, 0.5) is 5.69 Å². The SMILES string of the molecule is CCCCOc1ccc([C@@]2(C)CC(c3ccc(C)cc3)=C(C(=O)Nc3ccc(OC)cc3)C(=O)N2)cc1. The molecule has 0 bridgehead atoms. The summed E-state index contributed by atoms with van der Waals surface area (Å²) in [7, 11) is 1.59. The average molecular weight is 499 g/mol. The number of hydrogen-bond donors (Lipinski definition) is 2. The predicted octanol–water partition coefficient (Wildman–Crippen LogP) is 6.01. The molecule has 192 valence electrons. The Hall–Kier alpha value is -4.06. The van der Waals surface area contributed by atoms with Crippen LogP contribution in [0.3, 0.4) is 0 Å². The average Bonchev–Trinajstić information content (AvgIpc) is 2.89. The van der Waals surface area contributed by atoms with E-state index >= 15 is 0 Å². The number of aryl methyl sites for hydroxylation is 1. The number of ether oxygens (including phenoxy) is 2. The van der Waals surface area contributed by atoms with E-state index < -0.39 is 17.4 Å². The number of carbonyl (C=O) groups is 2. The van der Waals surface area contributed by atoms with E-state index in [2.05, 4.69) is 17.6 Å². The highest BCUT2D eigenvalue weighted by atomic mass is 16.5. The van der Waals surface area contributed by atoms with Crippen molar-refractivity contribution in [2.24, 2.45) is 0 Å². The van der Waals surface area contributed by atoms with Crippen LogP contribution in [0.5, 0.6) is 11.5 Å². The molecule has 4 rings (SSSR count). The number of methoxy groups -OCH3 is 1. The molecule has 0 aliphatic carbocycles. The smallest absolute Gasteiger partial charge is 0.261 e. The highest BCUT2D eigenvalue weighted by Gasteiger charge is 2.39. The van der Waals surface area contributed by atoms with Crippen molar-refractivity contribution in [3.63, 3.8) is 0 Å². The Bertz CT molecular complexity index is 1280. The van der Waals surface area contributed by atoms with Gasteiger partial charge >= 0.3 is 0 Å². The normalized spacial score (nSPS) is 17.2. The fourth-order valence-electron chi connectivity index (χ4n) is 4.47. The highest BCUT2D eigenvalue weighted by molar-refractivity contribution is 6.28. The molecule has 0 fully saturated rings. The standard InChI is InChI=1S/C31H34N2O4/c1-5-6-19-37-26-15-11-23(12-16-26)31(3)20-27(22-9-7-21(2)8-10-22)28(30(35)33-31)29(34)32-24-13-17-25(36-4)18-14-24/h7-18H,5-6,19-20H2,1-4H3,(H,32,34)(H,33,35)/t31-/m1/s1. The summed E-state index contributed by atoms with van der Waals surface area (Å²) in [5.41, 5.74) is 3.63. The molecule has 0 saturated heterocycles. The summed E-state index contributed by atoms with van der Waals surface area (Å²) < 4.78 is 11.0. The Morgan fingerprint density at radius 3 is 2.24 bits per heavy atom. The van der Waals surface area contributed by atoms with Gasteiger partial charge in [0.1, 0.15) is 17.1 Å². The topological polar surface area (TPSA) is 76.7 Å². The lowest BCUT2D eigenvalue weighted by atomic mass is 9.78. The van der Waals surface area contributed by atoms with Crippen LogP contribution < -0.4 is 20.1 Å². The molecule has 0 spiro atoms. The van der Waals surface area contributed by atoms with Crippen LogP contribution in [0.2, 0.25) is 0 Å². The van der Waals surface area contributed by atoms with Gasteiger partial charge in [0.2, 0.25) is 0 Å². The molecule has 3 aromatic carbocycles. The largest absolute Gasteiger partial charge is 0.497 e. The predicted molar refractivity (Wildman–Crippen MR) is 147 cm³/mol. The van der Waals surface area contributed by atoms with E-state index in [9.17, 15) is 9.59 Å². The van der Waals surface area contributed by atoms with Gasteiger partial charge in [0, 0.05) is 12.1 Å². The van der Waals surface area contributed by atoms with Crippen LogP contribution >= 0.6 is 0 Å². The fraction of sp³-hybridized carbons (Fsp3) is 0.290. The van der Waals surface area contributed by atoms with Gasteiger partial charge in [0.05, 0.1) is 19.3 Å². The van der Waals surface area contributed by atoms with Crippen molar-refractivity contribution in [1.82, 2.24) is 5.32 Å². The number of nitrogens with one attached hydrogen (secondary N) is 2. The van der Waals surface area contributed by atoms with E-state index in [-0.39, 0.29) is 5.57 Å². The molecule has 37 heavy (non-hydrogen) atoms. The van der Waals surface area contributed by atoms with Crippen LogP contribution in [0.15, 0.2) is 78.4 Å². The van der Waals surface area contributed by atoms with Crippen molar-refractivity contribution in [3.8, 4) is 11.5 Å². The Balaban J connectivity index is 1.67. The maximum absolute atomic E-state index is 13.5. The molecule has 1 aliphatic heterocycles. The van der Waals surface area contributed by atoms with E-state index in [1.807, 2.05) is 62.4 Å². The van der Waals surface area contributed by atoms with Gasteiger partial charge in [-0.2, -0.15) is 0 Å². The molecule has 1 heterocycles. The Morgan fingerprint density at radius 2 is 1.62 bits per heavy atom. The van der Waals surface area contributed by atoms with Crippen molar-refractivity contribution in [2.75, 3.05) is 19.0 Å². The zero-order chi connectivity index (χ0) is 26.4. The van der Waals surface area contributed by atoms with Crippen LogP contribution in [0.25, 0.3) is 5.57 Å². The number of unbranched alkanes of at least 4 members (excludes halogenated alkanes) is 1. The number of rotatable bonds is 9. The number of amides is 2. The number of benzene rings is 3. The zero-order valence-corrected chi connectivity index (χ0v) is 21.9. The van der Waals surface area contributed by atoms with E-state index in [0.717, 1.165) is 35.3 Å². The lowest BCUT2D eigenvalue weighted by molar-refractivity contribution is -0.123. The van der Waals surface area contributed by atoms with Gasteiger partial charge in [-0.3, -0.25) is 9.59 Å². The molecular formula is C31H34N2O4. The first-order valence-electron chi connectivity index (χ1n) is 12.6. The van der Waals surface area contributed by atoms with Crippen LogP contribution in [0.1, 0.15) is 49.8 Å². The lowest BCUT2D eigenvalue weighted by Gasteiger charge is -2.37. The minimum absolute atomic E-state index is 0.122. The van der Waals surface area contributed by atoms with E-state index in [0.29, 0.717) is 30.0 Å². The third-order valence-electron chi connectivity index (χ3n) is 6.68. The summed E-state index contributed by atoms with van der Waals surface area (Å²) in [5, 5.41) is 5.98. The maximum Gasteiger partial charge on any atom is 0.261 e. The monoisotopic (exact) mass is 498 g/mol. The van der Waals surface area contributed by atoms with Crippen molar-refractivity contribution < 1.29 is 19.1 Å². The first kappa shape index (κ1) is 26.0. The summed E-state index contributed by atoms with van der Waals surface area (Å²) in [6.07, 6.45) is 2.54. The van der Waals surface area contributed by atoms with Crippen molar-refractivity contribution in [3.05, 3.63) is 95.1 Å². The van der Waals surface area contributed by atoms with E-state index in [1.165, 1.54) is 0 Å². The van der Waals surface area contributed by atoms with Crippen LogP contribution in [-0.2, 0) is 15.1 Å². The Labute approximate surface area is 218 Å². The van der Waals surface area contributed by atoms with Crippen LogP contribution in [0, 0.1) is 6.92 Å². The molecule has 1 aliphatic rings. The second-order valence-corrected chi connectivity index (χ2v) is 9.59. The Morgan fingerprint density at radius 1 is 0.973 bits per heavy atom. The third-order valence-corrected chi connectivity index (χ3v) is 6.68. The zero-order valence-electron chi connectivity index (χ0n) is 21.9.